The van der Waals surface area contributed by atoms with E-state index in [9.17, 15) is 8.42 Å². The molecule has 6 nitrogen and oxygen atoms in total. The predicted molar refractivity (Wildman–Crippen MR) is 166 cm³/mol. The van der Waals surface area contributed by atoms with Gasteiger partial charge in [0.15, 0.2) is 5.82 Å². The third-order valence-electron chi connectivity index (χ3n) is 7.76. The van der Waals surface area contributed by atoms with Gasteiger partial charge in [0.25, 0.3) is 10.0 Å². The van der Waals surface area contributed by atoms with Crippen LogP contribution in [-0.2, 0) is 21.9 Å². The minimum absolute atomic E-state index is 0.211. The van der Waals surface area contributed by atoms with Crippen molar-refractivity contribution in [3.63, 3.8) is 0 Å². The molecule has 1 N–H and O–H groups in total. The van der Waals surface area contributed by atoms with E-state index in [4.69, 9.17) is 0 Å². The number of allylic oxidation sites excluding steroid dienone is 1. The van der Waals surface area contributed by atoms with Gasteiger partial charge in [-0.2, -0.15) is 5.10 Å². The summed E-state index contributed by atoms with van der Waals surface area (Å²) in [6.45, 7) is 1.94. The predicted octanol–water partition coefficient (Wildman–Crippen LogP) is 6.87. The van der Waals surface area contributed by atoms with Gasteiger partial charge in [0.05, 0.1) is 10.6 Å². The minimum Gasteiger partial charge on any atom is -0.378 e. The number of fused-ring (bicyclic) bond motifs is 1. The largest absolute Gasteiger partial charge is 0.378 e. The lowest BCUT2D eigenvalue weighted by Gasteiger charge is -2.35. The molecule has 0 bridgehead atoms. The molecular formula is C34H32N4O2S. The molecule has 206 valence electrons. The van der Waals surface area contributed by atoms with Crippen molar-refractivity contribution in [2.45, 2.75) is 23.7 Å². The van der Waals surface area contributed by atoms with Gasteiger partial charge in [0, 0.05) is 42.9 Å². The van der Waals surface area contributed by atoms with Gasteiger partial charge in [-0.3, -0.25) is 5.10 Å². The maximum atomic E-state index is 14.1. The van der Waals surface area contributed by atoms with Crippen LogP contribution in [0.2, 0.25) is 0 Å². The minimum atomic E-state index is -3.96. The highest BCUT2D eigenvalue weighted by molar-refractivity contribution is 7.93. The fraction of sp³-hybridized carbons (Fsp3) is 0.147. The molecular weight excluding hydrogens is 528 g/mol. The number of para-hydroxylation sites is 1. The summed E-state index contributed by atoms with van der Waals surface area (Å²) in [5.74, 6) is 0.353. The quantitative estimate of drug-likeness (QED) is 0.236. The number of sulfonamides is 1. The second kappa shape index (κ2) is 10.4. The number of aryl methyl sites for hydroxylation is 1. The Bertz CT molecular complexity index is 1810. The molecule has 0 saturated heterocycles. The van der Waals surface area contributed by atoms with E-state index < -0.39 is 15.4 Å². The Morgan fingerprint density at radius 3 is 2.10 bits per heavy atom. The molecule has 4 aromatic carbocycles. The number of nitrogens with one attached hydrogen (secondary N) is 1. The number of aromatic amines is 1. The zero-order chi connectivity index (χ0) is 28.6. The van der Waals surface area contributed by atoms with E-state index >= 15 is 0 Å². The van der Waals surface area contributed by atoms with E-state index in [1.54, 1.807) is 24.3 Å². The van der Waals surface area contributed by atoms with Crippen LogP contribution in [0.3, 0.4) is 0 Å². The van der Waals surface area contributed by atoms with Gasteiger partial charge in [-0.15, -0.1) is 0 Å². The molecule has 1 unspecified atom stereocenters. The smallest absolute Gasteiger partial charge is 0.269 e. The third-order valence-corrected chi connectivity index (χ3v) is 9.49. The van der Waals surface area contributed by atoms with Gasteiger partial charge in [-0.05, 0) is 54.4 Å². The molecule has 0 radical (unpaired) electrons. The lowest BCUT2D eigenvalue weighted by atomic mass is 9.68. The van der Waals surface area contributed by atoms with Crippen LogP contribution in [0, 0.1) is 6.92 Å². The van der Waals surface area contributed by atoms with E-state index in [-0.39, 0.29) is 4.90 Å². The Labute approximate surface area is 241 Å². The fourth-order valence-electron chi connectivity index (χ4n) is 5.52. The van der Waals surface area contributed by atoms with E-state index in [1.165, 1.54) is 4.31 Å². The molecule has 0 fully saturated rings. The molecule has 1 aliphatic rings. The number of nitrogens with zero attached hydrogens (tertiary/aromatic N) is 3. The highest BCUT2D eigenvalue weighted by Gasteiger charge is 2.39. The van der Waals surface area contributed by atoms with Crippen LogP contribution >= 0.6 is 0 Å². The Balaban J connectivity index is 1.51. The number of aromatic nitrogens is 2. The van der Waals surface area contributed by atoms with E-state index in [0.29, 0.717) is 17.9 Å². The summed E-state index contributed by atoms with van der Waals surface area (Å²) in [7, 11) is 0.113. The molecule has 0 amide bonds. The monoisotopic (exact) mass is 560 g/mol. The molecule has 5 aromatic rings. The number of H-pyrrole nitrogens is 1. The molecule has 1 aromatic heterocycles. The molecule has 1 heterocycles. The summed E-state index contributed by atoms with van der Waals surface area (Å²) in [4.78, 5) is 2.31. The van der Waals surface area contributed by atoms with Gasteiger partial charge in [0.1, 0.15) is 0 Å². The lowest BCUT2D eigenvalue weighted by Crippen LogP contribution is -2.31. The van der Waals surface area contributed by atoms with Crippen molar-refractivity contribution in [2.24, 2.45) is 0 Å². The first-order valence-electron chi connectivity index (χ1n) is 13.6. The standard InChI is InChI=1S/C34H32N4O2S/c1-25-17-19-30(20-18-25)41(39,40)38(28-14-8-5-9-15-28)33-31-21-22-34(24-32(31)35-36-33,26-11-6-4-7-12-26)27-13-10-16-29(23-27)37(2)3/h4-23H,24H2,1-3H3,(H,35,36). The Kier molecular flexibility index (Phi) is 6.75. The van der Waals surface area contributed by atoms with Crippen molar-refractivity contribution < 1.29 is 8.42 Å². The fourth-order valence-corrected chi connectivity index (χ4v) is 6.98. The highest BCUT2D eigenvalue weighted by atomic mass is 32.2. The molecule has 1 atom stereocenters. The summed E-state index contributed by atoms with van der Waals surface area (Å²) in [5, 5.41) is 7.87. The van der Waals surface area contributed by atoms with Crippen molar-refractivity contribution >= 4 is 33.3 Å². The van der Waals surface area contributed by atoms with Gasteiger partial charge in [-0.1, -0.05) is 90.5 Å². The van der Waals surface area contributed by atoms with Gasteiger partial charge < -0.3 is 4.90 Å². The molecule has 41 heavy (non-hydrogen) atoms. The van der Waals surface area contributed by atoms with Crippen LogP contribution in [0.15, 0.2) is 120 Å². The van der Waals surface area contributed by atoms with Crippen molar-refractivity contribution in [3.05, 3.63) is 143 Å². The normalized spacial score (nSPS) is 16.3. The molecule has 0 saturated carbocycles. The summed E-state index contributed by atoms with van der Waals surface area (Å²) in [5.41, 5.74) is 6.11. The third kappa shape index (κ3) is 4.72. The summed E-state index contributed by atoms with van der Waals surface area (Å²) >= 11 is 0. The maximum absolute atomic E-state index is 14.1. The topological polar surface area (TPSA) is 69.3 Å². The Morgan fingerprint density at radius 2 is 1.41 bits per heavy atom. The summed E-state index contributed by atoms with van der Waals surface area (Å²) in [6.07, 6.45) is 4.81. The molecule has 6 rings (SSSR count). The van der Waals surface area contributed by atoms with Gasteiger partial charge >= 0.3 is 0 Å². The van der Waals surface area contributed by atoms with Crippen LogP contribution in [0.1, 0.15) is 27.9 Å². The van der Waals surface area contributed by atoms with Crippen molar-refractivity contribution in [3.8, 4) is 0 Å². The number of benzene rings is 4. The first-order valence-corrected chi connectivity index (χ1v) is 15.0. The molecule has 0 spiro atoms. The number of hydrogen-bond acceptors (Lipinski definition) is 4. The van der Waals surface area contributed by atoms with Crippen LogP contribution in [-0.4, -0.2) is 32.7 Å². The SMILES string of the molecule is Cc1ccc(S(=O)(=O)N(c2ccccc2)c2n[nH]c3c2C=CC(c2ccccc2)(c2cccc(N(C)C)c2)C3)cc1. The Morgan fingerprint density at radius 1 is 0.780 bits per heavy atom. The summed E-state index contributed by atoms with van der Waals surface area (Å²) in [6, 6.07) is 35.0. The van der Waals surface area contributed by atoms with E-state index in [2.05, 4.69) is 69.7 Å². The van der Waals surface area contributed by atoms with Crippen LogP contribution in [0.5, 0.6) is 0 Å². The van der Waals surface area contributed by atoms with E-state index in [1.807, 2.05) is 63.5 Å². The number of anilines is 3. The zero-order valence-corrected chi connectivity index (χ0v) is 24.1. The van der Waals surface area contributed by atoms with Gasteiger partial charge in [-0.25, -0.2) is 12.7 Å². The Hall–Kier alpha value is -4.62. The first-order chi connectivity index (χ1) is 19.8. The lowest BCUT2D eigenvalue weighted by molar-refractivity contribution is 0.595. The van der Waals surface area contributed by atoms with Crippen LogP contribution < -0.4 is 9.21 Å². The van der Waals surface area contributed by atoms with Crippen molar-refractivity contribution in [2.75, 3.05) is 23.3 Å². The average Bonchev–Trinajstić information content (AvgIpc) is 3.40. The van der Waals surface area contributed by atoms with Crippen LogP contribution in [0.4, 0.5) is 17.2 Å². The molecule has 1 aliphatic carbocycles. The number of rotatable bonds is 7. The highest BCUT2D eigenvalue weighted by Crippen LogP contribution is 2.45. The van der Waals surface area contributed by atoms with Gasteiger partial charge in [0.2, 0.25) is 0 Å². The first kappa shape index (κ1) is 26.6. The van der Waals surface area contributed by atoms with Crippen molar-refractivity contribution in [1.29, 1.82) is 0 Å². The summed E-state index contributed by atoms with van der Waals surface area (Å²) < 4.78 is 29.6. The average molecular weight is 561 g/mol. The second-order valence-electron chi connectivity index (χ2n) is 10.6. The van der Waals surface area contributed by atoms with Crippen LogP contribution in [0.25, 0.3) is 6.08 Å². The molecule has 7 heteroatoms. The van der Waals surface area contributed by atoms with E-state index in [0.717, 1.165) is 33.6 Å². The second-order valence-corrected chi connectivity index (χ2v) is 12.4. The van der Waals surface area contributed by atoms with Crippen molar-refractivity contribution in [1.82, 2.24) is 10.2 Å². The maximum Gasteiger partial charge on any atom is 0.269 e. The number of hydrogen-bond donors (Lipinski definition) is 1. The zero-order valence-electron chi connectivity index (χ0n) is 23.3. The molecule has 0 aliphatic heterocycles.